The second-order valence-corrected chi connectivity index (χ2v) is 6.41. The van der Waals surface area contributed by atoms with Gasteiger partial charge in [-0.2, -0.15) is 0 Å². The summed E-state index contributed by atoms with van der Waals surface area (Å²) in [6, 6.07) is 16.9. The Morgan fingerprint density at radius 1 is 0.857 bits per heavy atom. The maximum absolute atomic E-state index is 5.84. The predicted molar refractivity (Wildman–Crippen MR) is 88.7 cm³/mol. The smallest absolute Gasteiger partial charge is 0.119 e. The Bertz CT molecular complexity index is 550. The summed E-state index contributed by atoms with van der Waals surface area (Å²) < 4.78 is 5.84. The van der Waals surface area contributed by atoms with Gasteiger partial charge in [0.25, 0.3) is 0 Å². The molecule has 0 radical (unpaired) electrons. The maximum atomic E-state index is 5.84. The van der Waals surface area contributed by atoms with Gasteiger partial charge in [-0.3, -0.25) is 0 Å². The molecule has 0 atom stereocenters. The molecule has 0 spiro atoms. The first-order chi connectivity index (χ1) is 9.99. The van der Waals surface area contributed by atoms with Crippen molar-refractivity contribution in [2.45, 2.75) is 39.3 Å². The Labute approximate surface area is 128 Å². The molecule has 0 aromatic heterocycles. The number of hydrogen-bond acceptors (Lipinski definition) is 2. The summed E-state index contributed by atoms with van der Waals surface area (Å²) in [6.45, 7) is 8.16. The molecule has 0 aliphatic heterocycles. The van der Waals surface area contributed by atoms with Gasteiger partial charge in [-0.05, 0) is 41.3 Å². The summed E-state index contributed by atoms with van der Waals surface area (Å²) in [5, 5.41) is 3.15. The van der Waals surface area contributed by atoms with Crippen LogP contribution in [-0.4, -0.2) is 7.05 Å². The van der Waals surface area contributed by atoms with Crippen LogP contribution < -0.4 is 10.1 Å². The number of benzene rings is 2. The predicted octanol–water partition coefficient (Wildman–Crippen LogP) is 4.28. The molecule has 1 N–H and O–H groups in total. The molecular formula is C19H25NO. The number of rotatable bonds is 5. The zero-order valence-electron chi connectivity index (χ0n) is 13.4. The highest BCUT2D eigenvalue weighted by Gasteiger charge is 2.12. The molecule has 2 nitrogen and oxygen atoms in total. The summed E-state index contributed by atoms with van der Waals surface area (Å²) >= 11 is 0. The molecule has 0 bridgehead atoms. The van der Waals surface area contributed by atoms with Gasteiger partial charge in [0.05, 0.1) is 0 Å². The van der Waals surface area contributed by atoms with Crippen LogP contribution in [0.3, 0.4) is 0 Å². The molecule has 0 heterocycles. The second-order valence-electron chi connectivity index (χ2n) is 6.41. The van der Waals surface area contributed by atoms with Crippen LogP contribution in [0.2, 0.25) is 0 Å². The van der Waals surface area contributed by atoms with Crippen LogP contribution in [0.5, 0.6) is 5.75 Å². The van der Waals surface area contributed by atoms with Crippen molar-refractivity contribution in [1.82, 2.24) is 5.32 Å². The molecule has 2 rings (SSSR count). The third-order valence-corrected chi connectivity index (χ3v) is 3.53. The van der Waals surface area contributed by atoms with E-state index in [9.17, 15) is 0 Å². The van der Waals surface area contributed by atoms with Crippen LogP contribution in [-0.2, 0) is 18.6 Å². The lowest BCUT2D eigenvalue weighted by Gasteiger charge is -2.19. The molecule has 0 saturated heterocycles. The first-order valence-corrected chi connectivity index (χ1v) is 7.45. The van der Waals surface area contributed by atoms with Crippen molar-refractivity contribution in [2.24, 2.45) is 0 Å². The SMILES string of the molecule is CNCc1ccc(COc2ccc(C(C)(C)C)cc2)cc1. The average molecular weight is 283 g/mol. The van der Waals surface area contributed by atoms with E-state index in [-0.39, 0.29) is 5.41 Å². The molecule has 21 heavy (non-hydrogen) atoms. The standard InChI is InChI=1S/C19H25NO/c1-19(2,3)17-9-11-18(12-10-17)21-14-16-7-5-15(6-8-16)13-20-4/h5-12,20H,13-14H2,1-4H3. The van der Waals surface area contributed by atoms with Crippen molar-refractivity contribution in [1.29, 1.82) is 0 Å². The lowest BCUT2D eigenvalue weighted by molar-refractivity contribution is 0.306. The maximum Gasteiger partial charge on any atom is 0.119 e. The Hall–Kier alpha value is -1.80. The van der Waals surface area contributed by atoms with Gasteiger partial charge in [0.2, 0.25) is 0 Å². The fourth-order valence-electron chi connectivity index (χ4n) is 2.18. The third kappa shape index (κ3) is 4.61. The van der Waals surface area contributed by atoms with Crippen molar-refractivity contribution in [3.8, 4) is 5.75 Å². The van der Waals surface area contributed by atoms with Gasteiger partial charge in [-0.25, -0.2) is 0 Å². The Kier molecular flexibility index (Phi) is 5.03. The highest BCUT2D eigenvalue weighted by atomic mass is 16.5. The minimum absolute atomic E-state index is 0.182. The van der Waals surface area contributed by atoms with Gasteiger partial charge in [0, 0.05) is 6.54 Å². The van der Waals surface area contributed by atoms with E-state index < -0.39 is 0 Å². The van der Waals surface area contributed by atoms with E-state index in [0.717, 1.165) is 12.3 Å². The van der Waals surface area contributed by atoms with E-state index in [2.05, 4.69) is 74.6 Å². The Morgan fingerprint density at radius 2 is 1.43 bits per heavy atom. The second kappa shape index (κ2) is 6.77. The van der Waals surface area contributed by atoms with E-state index in [1.165, 1.54) is 16.7 Å². The summed E-state index contributed by atoms with van der Waals surface area (Å²) in [7, 11) is 1.96. The normalized spacial score (nSPS) is 11.4. The van der Waals surface area contributed by atoms with Crippen LogP contribution in [0, 0.1) is 0 Å². The molecule has 112 valence electrons. The minimum Gasteiger partial charge on any atom is -0.489 e. The van der Waals surface area contributed by atoms with Crippen LogP contribution in [0.4, 0.5) is 0 Å². The zero-order chi connectivity index (χ0) is 15.3. The monoisotopic (exact) mass is 283 g/mol. The third-order valence-electron chi connectivity index (χ3n) is 3.53. The van der Waals surface area contributed by atoms with Crippen molar-refractivity contribution in [3.63, 3.8) is 0 Å². The topological polar surface area (TPSA) is 21.3 Å². The summed E-state index contributed by atoms with van der Waals surface area (Å²) in [5.41, 5.74) is 3.98. The summed E-state index contributed by atoms with van der Waals surface area (Å²) in [6.07, 6.45) is 0. The molecule has 2 heteroatoms. The summed E-state index contributed by atoms with van der Waals surface area (Å²) in [5.74, 6) is 0.919. The van der Waals surface area contributed by atoms with Crippen LogP contribution >= 0.6 is 0 Å². The largest absolute Gasteiger partial charge is 0.489 e. The van der Waals surface area contributed by atoms with Gasteiger partial charge < -0.3 is 10.1 Å². The summed E-state index contributed by atoms with van der Waals surface area (Å²) in [4.78, 5) is 0. The molecule has 0 amide bonds. The fraction of sp³-hybridized carbons (Fsp3) is 0.368. The lowest BCUT2D eigenvalue weighted by Crippen LogP contribution is -2.10. The van der Waals surface area contributed by atoms with Gasteiger partial charge in [0.15, 0.2) is 0 Å². The van der Waals surface area contributed by atoms with E-state index in [0.29, 0.717) is 6.61 Å². The highest BCUT2D eigenvalue weighted by molar-refractivity contribution is 5.31. The van der Waals surface area contributed by atoms with Crippen LogP contribution in [0.15, 0.2) is 48.5 Å². The number of nitrogens with one attached hydrogen (secondary N) is 1. The van der Waals surface area contributed by atoms with Crippen molar-refractivity contribution in [3.05, 3.63) is 65.2 Å². The number of hydrogen-bond donors (Lipinski definition) is 1. The molecular weight excluding hydrogens is 258 g/mol. The van der Waals surface area contributed by atoms with Gasteiger partial charge in [-0.15, -0.1) is 0 Å². The molecule has 0 fully saturated rings. The molecule has 0 saturated carbocycles. The lowest BCUT2D eigenvalue weighted by atomic mass is 9.87. The van der Waals surface area contributed by atoms with Crippen molar-refractivity contribution in [2.75, 3.05) is 7.05 Å². The van der Waals surface area contributed by atoms with Crippen molar-refractivity contribution >= 4 is 0 Å². The molecule has 2 aromatic carbocycles. The molecule has 0 unspecified atom stereocenters. The Morgan fingerprint density at radius 3 is 1.95 bits per heavy atom. The number of ether oxygens (including phenoxy) is 1. The Balaban J connectivity index is 1.93. The van der Waals surface area contributed by atoms with E-state index in [4.69, 9.17) is 4.74 Å². The molecule has 0 aliphatic rings. The van der Waals surface area contributed by atoms with Gasteiger partial charge >= 0.3 is 0 Å². The molecule has 2 aromatic rings. The van der Waals surface area contributed by atoms with E-state index in [1.54, 1.807) is 0 Å². The van der Waals surface area contributed by atoms with Crippen molar-refractivity contribution < 1.29 is 4.74 Å². The van der Waals surface area contributed by atoms with Gasteiger partial charge in [-0.1, -0.05) is 57.2 Å². The average Bonchev–Trinajstić information content (AvgIpc) is 2.46. The first kappa shape index (κ1) is 15.6. The fourth-order valence-corrected chi connectivity index (χ4v) is 2.18. The zero-order valence-corrected chi connectivity index (χ0v) is 13.4. The first-order valence-electron chi connectivity index (χ1n) is 7.45. The highest BCUT2D eigenvalue weighted by Crippen LogP contribution is 2.24. The minimum atomic E-state index is 0.182. The van der Waals surface area contributed by atoms with Crippen LogP contribution in [0.25, 0.3) is 0 Å². The quantitative estimate of drug-likeness (QED) is 0.884. The van der Waals surface area contributed by atoms with E-state index in [1.807, 2.05) is 7.05 Å². The van der Waals surface area contributed by atoms with Gasteiger partial charge in [0.1, 0.15) is 12.4 Å². The molecule has 0 aliphatic carbocycles. The van der Waals surface area contributed by atoms with Crippen LogP contribution in [0.1, 0.15) is 37.5 Å². The van der Waals surface area contributed by atoms with E-state index >= 15 is 0 Å².